The molecule has 1 fully saturated rings. The Morgan fingerprint density at radius 3 is 2.23 bits per heavy atom. The van der Waals surface area contributed by atoms with Gasteiger partial charge in [0.15, 0.2) is 0 Å². The third-order valence-electron chi connectivity index (χ3n) is 8.36. The van der Waals surface area contributed by atoms with Crippen LogP contribution in [-0.2, 0) is 32.6 Å². The van der Waals surface area contributed by atoms with Gasteiger partial charge in [0, 0.05) is 24.6 Å². The molecule has 5 rings (SSSR count). The summed E-state index contributed by atoms with van der Waals surface area (Å²) in [6.07, 6.45) is 3.74. The van der Waals surface area contributed by atoms with Gasteiger partial charge in [-0.1, -0.05) is 108 Å². The van der Waals surface area contributed by atoms with E-state index in [2.05, 4.69) is 5.32 Å². The standard InChI is InChI=1S/C36H36Cl2FN3O4S/c1-25-18-20-29(21-19-25)47(45,46)42(32-17-9-15-30(37)35(32)38)24-34(43)41(23-27-12-5-8-16-31(27)39)33(22-26-10-3-2-4-11-26)36(44)40-28-13-6-7-14-28/h2-5,8-12,15-21,28,33H,6-7,13-14,22-24H2,1H3,(H,40,44)/t33-/m0/s1. The smallest absolute Gasteiger partial charge is 0.264 e. The van der Waals surface area contributed by atoms with Crippen LogP contribution in [0.5, 0.6) is 0 Å². The van der Waals surface area contributed by atoms with E-state index in [4.69, 9.17) is 23.2 Å². The van der Waals surface area contributed by atoms with Crippen LogP contribution >= 0.6 is 23.2 Å². The van der Waals surface area contributed by atoms with Gasteiger partial charge in [-0.2, -0.15) is 0 Å². The third-order valence-corrected chi connectivity index (χ3v) is 10.9. The highest BCUT2D eigenvalue weighted by Crippen LogP contribution is 2.36. The summed E-state index contributed by atoms with van der Waals surface area (Å²) >= 11 is 12.9. The normalized spacial score (nSPS) is 14.0. The molecular formula is C36H36Cl2FN3O4S. The summed E-state index contributed by atoms with van der Waals surface area (Å²) in [5, 5.41) is 3.14. The van der Waals surface area contributed by atoms with Gasteiger partial charge in [0.2, 0.25) is 11.8 Å². The number of aryl methyl sites for hydroxylation is 1. The number of hydrogen-bond donors (Lipinski definition) is 1. The monoisotopic (exact) mass is 695 g/mol. The number of hydrogen-bond acceptors (Lipinski definition) is 4. The SMILES string of the molecule is Cc1ccc(S(=O)(=O)N(CC(=O)N(Cc2ccccc2F)[C@@H](Cc2ccccc2)C(=O)NC2CCCC2)c2cccc(Cl)c2Cl)cc1. The minimum Gasteiger partial charge on any atom is -0.352 e. The first kappa shape index (κ1) is 34.4. The van der Waals surface area contributed by atoms with E-state index in [0.29, 0.717) is 0 Å². The molecule has 47 heavy (non-hydrogen) atoms. The zero-order valence-corrected chi connectivity index (χ0v) is 28.2. The van der Waals surface area contributed by atoms with Gasteiger partial charge in [-0.15, -0.1) is 0 Å². The van der Waals surface area contributed by atoms with Gasteiger partial charge in [0.05, 0.1) is 20.6 Å². The maximum absolute atomic E-state index is 15.1. The van der Waals surface area contributed by atoms with Crippen molar-refractivity contribution >= 4 is 50.7 Å². The Kier molecular flexibility index (Phi) is 11.2. The van der Waals surface area contributed by atoms with Crippen LogP contribution in [0.15, 0.2) is 102 Å². The first-order valence-corrected chi connectivity index (χ1v) is 17.6. The van der Waals surface area contributed by atoms with E-state index in [9.17, 15) is 18.0 Å². The van der Waals surface area contributed by atoms with Crippen molar-refractivity contribution < 1.29 is 22.4 Å². The average molecular weight is 697 g/mol. The Bertz CT molecular complexity index is 1820. The lowest BCUT2D eigenvalue weighted by molar-refractivity contribution is -0.140. The molecule has 1 saturated carbocycles. The molecule has 0 spiro atoms. The fourth-order valence-corrected chi connectivity index (χ4v) is 7.64. The number of carbonyl (C=O) groups excluding carboxylic acids is 2. The Hall–Kier alpha value is -3.92. The lowest BCUT2D eigenvalue weighted by Crippen LogP contribution is -2.54. The molecule has 0 radical (unpaired) electrons. The highest BCUT2D eigenvalue weighted by Gasteiger charge is 2.36. The lowest BCUT2D eigenvalue weighted by atomic mass is 10.0. The minimum atomic E-state index is -4.38. The van der Waals surface area contributed by atoms with Gasteiger partial charge in [-0.25, -0.2) is 12.8 Å². The Labute approximate surface area is 285 Å². The van der Waals surface area contributed by atoms with Crippen LogP contribution in [0.4, 0.5) is 10.1 Å². The van der Waals surface area contributed by atoms with Gasteiger partial charge in [0.25, 0.3) is 10.0 Å². The fourth-order valence-electron chi connectivity index (χ4n) is 5.77. The van der Waals surface area contributed by atoms with Crippen molar-refractivity contribution in [1.82, 2.24) is 10.2 Å². The number of halogens is 3. The largest absolute Gasteiger partial charge is 0.352 e. The Balaban J connectivity index is 1.60. The molecule has 1 aliphatic carbocycles. The molecule has 0 aromatic heterocycles. The first-order valence-electron chi connectivity index (χ1n) is 15.4. The number of anilines is 1. The van der Waals surface area contributed by atoms with Crippen molar-refractivity contribution in [1.29, 1.82) is 0 Å². The van der Waals surface area contributed by atoms with E-state index < -0.39 is 34.3 Å². The maximum Gasteiger partial charge on any atom is 0.264 e. The molecule has 2 amide bonds. The van der Waals surface area contributed by atoms with Crippen molar-refractivity contribution in [3.63, 3.8) is 0 Å². The van der Waals surface area contributed by atoms with E-state index in [1.165, 1.54) is 47.4 Å². The predicted octanol–water partition coefficient (Wildman–Crippen LogP) is 7.34. The zero-order chi connectivity index (χ0) is 33.6. The second kappa shape index (κ2) is 15.3. The fraction of sp³-hybridized carbons (Fsp3) is 0.278. The summed E-state index contributed by atoms with van der Waals surface area (Å²) in [6, 6.07) is 24.8. The molecule has 1 atom stereocenters. The van der Waals surface area contributed by atoms with E-state index >= 15 is 4.39 Å². The van der Waals surface area contributed by atoms with Crippen LogP contribution < -0.4 is 9.62 Å². The molecule has 4 aromatic rings. The number of nitrogens with zero attached hydrogens (tertiary/aromatic N) is 2. The molecule has 0 aliphatic heterocycles. The second-order valence-corrected chi connectivity index (χ2v) is 14.4. The zero-order valence-electron chi connectivity index (χ0n) is 25.9. The van der Waals surface area contributed by atoms with Crippen molar-refractivity contribution in [3.8, 4) is 0 Å². The van der Waals surface area contributed by atoms with Gasteiger partial charge in [-0.3, -0.25) is 13.9 Å². The van der Waals surface area contributed by atoms with Crippen molar-refractivity contribution in [2.24, 2.45) is 0 Å². The molecule has 1 N–H and O–H groups in total. The highest BCUT2D eigenvalue weighted by atomic mass is 35.5. The Morgan fingerprint density at radius 1 is 0.894 bits per heavy atom. The molecule has 0 heterocycles. The number of amides is 2. The van der Waals surface area contributed by atoms with Crippen LogP contribution in [-0.4, -0.2) is 43.8 Å². The quantitative estimate of drug-likeness (QED) is 0.168. The van der Waals surface area contributed by atoms with E-state index in [1.807, 2.05) is 37.3 Å². The molecule has 1 aliphatic rings. The second-order valence-electron chi connectivity index (χ2n) is 11.7. The summed E-state index contributed by atoms with van der Waals surface area (Å²) in [5.74, 6) is -1.66. The molecule has 11 heteroatoms. The molecule has 246 valence electrons. The topological polar surface area (TPSA) is 86.8 Å². The van der Waals surface area contributed by atoms with Crippen molar-refractivity contribution in [2.45, 2.75) is 62.6 Å². The summed E-state index contributed by atoms with van der Waals surface area (Å²) in [6.45, 7) is 0.825. The van der Waals surface area contributed by atoms with Gasteiger partial charge in [-0.05, 0) is 55.7 Å². The van der Waals surface area contributed by atoms with E-state index in [1.54, 1.807) is 24.3 Å². The van der Waals surface area contributed by atoms with Gasteiger partial charge >= 0.3 is 0 Å². The minimum absolute atomic E-state index is 0.00560. The summed E-state index contributed by atoms with van der Waals surface area (Å²) in [5.41, 5.74) is 1.81. The van der Waals surface area contributed by atoms with Gasteiger partial charge < -0.3 is 10.2 Å². The van der Waals surface area contributed by atoms with Crippen LogP contribution in [0.2, 0.25) is 10.0 Å². The van der Waals surface area contributed by atoms with Crippen LogP contribution in [0.25, 0.3) is 0 Å². The maximum atomic E-state index is 15.1. The number of nitrogens with one attached hydrogen (secondary N) is 1. The molecule has 4 aromatic carbocycles. The van der Waals surface area contributed by atoms with Crippen LogP contribution in [0, 0.1) is 12.7 Å². The van der Waals surface area contributed by atoms with Crippen molar-refractivity contribution in [2.75, 3.05) is 10.8 Å². The van der Waals surface area contributed by atoms with Gasteiger partial charge in [0.1, 0.15) is 18.4 Å². The average Bonchev–Trinajstić information content (AvgIpc) is 3.57. The highest BCUT2D eigenvalue weighted by molar-refractivity contribution is 7.92. The Morgan fingerprint density at radius 2 is 1.55 bits per heavy atom. The van der Waals surface area contributed by atoms with Crippen LogP contribution in [0.1, 0.15) is 42.4 Å². The molecular weight excluding hydrogens is 660 g/mol. The number of rotatable bonds is 12. The number of carbonyl (C=O) groups is 2. The molecule has 7 nitrogen and oxygen atoms in total. The lowest BCUT2D eigenvalue weighted by Gasteiger charge is -2.34. The summed E-state index contributed by atoms with van der Waals surface area (Å²) in [4.78, 5) is 29.9. The molecule has 0 unspecified atom stereocenters. The van der Waals surface area contributed by atoms with Crippen molar-refractivity contribution in [3.05, 3.63) is 130 Å². The molecule has 0 saturated heterocycles. The van der Waals surface area contributed by atoms with E-state index in [0.717, 1.165) is 41.1 Å². The van der Waals surface area contributed by atoms with Crippen LogP contribution in [0.3, 0.4) is 0 Å². The summed E-state index contributed by atoms with van der Waals surface area (Å²) in [7, 11) is -4.38. The molecule has 0 bridgehead atoms. The number of benzene rings is 4. The first-order chi connectivity index (χ1) is 22.5. The van der Waals surface area contributed by atoms with E-state index in [-0.39, 0.29) is 51.1 Å². The third kappa shape index (κ3) is 8.33. The number of sulfonamides is 1. The summed E-state index contributed by atoms with van der Waals surface area (Å²) < 4.78 is 44.5. The predicted molar refractivity (Wildman–Crippen MR) is 183 cm³/mol.